The Hall–Kier alpha value is -1.83. The van der Waals surface area contributed by atoms with Gasteiger partial charge in [-0.05, 0) is 18.1 Å². The maximum Gasteiger partial charge on any atom is 0.0672 e. The molecule has 0 radical (unpaired) electrons. The predicted molar refractivity (Wildman–Crippen MR) is 54.2 cm³/mol. The van der Waals surface area contributed by atoms with Gasteiger partial charge in [0, 0.05) is 0 Å². The zero-order chi connectivity index (χ0) is 10.4. The SMILES string of the molecule is CC(=CC=Cc1ccccc1)C(=O)[O-]. The second kappa shape index (κ2) is 5.02. The third-order valence-corrected chi connectivity index (χ3v) is 1.76. The minimum Gasteiger partial charge on any atom is -0.545 e. The largest absolute Gasteiger partial charge is 0.545 e. The third kappa shape index (κ3) is 3.27. The normalized spacial score (nSPS) is 11.9. The molecule has 2 nitrogen and oxygen atoms in total. The van der Waals surface area contributed by atoms with E-state index in [0.717, 1.165) is 5.56 Å². The smallest absolute Gasteiger partial charge is 0.0672 e. The highest BCUT2D eigenvalue weighted by Crippen LogP contribution is 2.01. The molecule has 2 heteroatoms. The summed E-state index contributed by atoms with van der Waals surface area (Å²) in [7, 11) is 0. The van der Waals surface area contributed by atoms with Crippen LogP contribution in [0.4, 0.5) is 0 Å². The van der Waals surface area contributed by atoms with Gasteiger partial charge in [-0.3, -0.25) is 0 Å². The van der Waals surface area contributed by atoms with E-state index < -0.39 is 5.97 Å². The molecule has 0 heterocycles. The molecule has 0 N–H and O–H groups in total. The van der Waals surface area contributed by atoms with E-state index in [-0.39, 0.29) is 5.57 Å². The number of hydrogen-bond donors (Lipinski definition) is 0. The molecule has 0 unspecified atom stereocenters. The van der Waals surface area contributed by atoms with Crippen LogP contribution in [0, 0.1) is 0 Å². The lowest BCUT2D eigenvalue weighted by Gasteiger charge is -1.97. The van der Waals surface area contributed by atoms with Crippen LogP contribution in [0.5, 0.6) is 0 Å². The fraction of sp³-hybridized carbons (Fsp3) is 0.0833. The first-order valence-corrected chi connectivity index (χ1v) is 4.31. The zero-order valence-electron chi connectivity index (χ0n) is 7.94. The summed E-state index contributed by atoms with van der Waals surface area (Å²) < 4.78 is 0. The van der Waals surface area contributed by atoms with Gasteiger partial charge in [-0.2, -0.15) is 0 Å². The van der Waals surface area contributed by atoms with Crippen LogP contribution >= 0.6 is 0 Å². The second-order valence-electron chi connectivity index (χ2n) is 2.91. The van der Waals surface area contributed by atoms with E-state index in [1.165, 1.54) is 13.0 Å². The predicted octanol–water partition coefficient (Wildman–Crippen LogP) is 1.40. The van der Waals surface area contributed by atoms with Crippen molar-refractivity contribution < 1.29 is 9.90 Å². The van der Waals surface area contributed by atoms with Crippen molar-refractivity contribution in [3.8, 4) is 0 Å². The molecule has 0 atom stereocenters. The molecule has 0 amide bonds. The monoisotopic (exact) mass is 187 g/mol. The van der Waals surface area contributed by atoms with Crippen LogP contribution < -0.4 is 5.11 Å². The molecule has 0 aliphatic rings. The molecule has 0 aliphatic carbocycles. The van der Waals surface area contributed by atoms with Crippen LogP contribution in [-0.4, -0.2) is 5.97 Å². The Morgan fingerprint density at radius 3 is 2.50 bits per heavy atom. The Morgan fingerprint density at radius 1 is 1.29 bits per heavy atom. The van der Waals surface area contributed by atoms with Crippen molar-refractivity contribution in [3.05, 3.63) is 53.6 Å². The molecule has 14 heavy (non-hydrogen) atoms. The number of rotatable bonds is 3. The topological polar surface area (TPSA) is 40.1 Å². The summed E-state index contributed by atoms with van der Waals surface area (Å²) in [5, 5.41) is 10.3. The Kier molecular flexibility index (Phi) is 3.68. The van der Waals surface area contributed by atoms with Crippen LogP contribution in [0.1, 0.15) is 12.5 Å². The van der Waals surface area contributed by atoms with Gasteiger partial charge in [-0.1, -0.05) is 48.6 Å². The molecule has 1 aromatic rings. The summed E-state index contributed by atoms with van der Waals surface area (Å²) in [5.74, 6) is -1.14. The van der Waals surface area contributed by atoms with Gasteiger partial charge in [0.15, 0.2) is 0 Å². The molecule has 0 fully saturated rings. The minimum absolute atomic E-state index is 0.220. The van der Waals surface area contributed by atoms with Gasteiger partial charge in [0.1, 0.15) is 0 Å². The Morgan fingerprint density at radius 2 is 1.93 bits per heavy atom. The van der Waals surface area contributed by atoms with E-state index in [2.05, 4.69) is 0 Å². The summed E-state index contributed by atoms with van der Waals surface area (Å²) in [6.45, 7) is 1.50. The van der Waals surface area contributed by atoms with Crippen molar-refractivity contribution in [2.24, 2.45) is 0 Å². The third-order valence-electron chi connectivity index (χ3n) is 1.76. The lowest BCUT2D eigenvalue weighted by molar-refractivity contribution is -0.299. The van der Waals surface area contributed by atoms with E-state index in [1.807, 2.05) is 36.4 Å². The van der Waals surface area contributed by atoms with Crippen LogP contribution in [0.2, 0.25) is 0 Å². The molecule has 0 saturated carbocycles. The van der Waals surface area contributed by atoms with Crippen molar-refractivity contribution in [1.82, 2.24) is 0 Å². The van der Waals surface area contributed by atoms with Crippen molar-refractivity contribution in [1.29, 1.82) is 0 Å². The quantitative estimate of drug-likeness (QED) is 0.530. The van der Waals surface area contributed by atoms with E-state index >= 15 is 0 Å². The standard InChI is InChI=1S/C12H12O2/c1-10(12(13)14)6-5-9-11-7-3-2-4-8-11/h2-9H,1H3,(H,13,14)/p-1. The first kappa shape index (κ1) is 10.3. The molecular formula is C12H11O2-. The van der Waals surface area contributed by atoms with E-state index in [0.29, 0.717) is 0 Å². The number of carbonyl (C=O) groups excluding carboxylic acids is 1. The zero-order valence-corrected chi connectivity index (χ0v) is 7.94. The van der Waals surface area contributed by atoms with Gasteiger partial charge < -0.3 is 9.90 Å². The molecule has 0 aliphatic heterocycles. The number of benzene rings is 1. The molecular weight excluding hydrogens is 176 g/mol. The number of carboxylic acids is 1. The number of aliphatic carboxylic acids is 1. The highest BCUT2D eigenvalue weighted by atomic mass is 16.4. The highest BCUT2D eigenvalue weighted by Gasteiger charge is 1.85. The number of hydrogen-bond acceptors (Lipinski definition) is 2. The molecule has 0 saturated heterocycles. The number of carboxylic acid groups (broad SMARTS) is 1. The van der Waals surface area contributed by atoms with Crippen LogP contribution in [0.15, 0.2) is 48.1 Å². The van der Waals surface area contributed by atoms with Gasteiger partial charge >= 0.3 is 0 Å². The van der Waals surface area contributed by atoms with Crippen molar-refractivity contribution in [2.45, 2.75) is 6.92 Å². The lowest BCUT2D eigenvalue weighted by Crippen LogP contribution is -2.22. The van der Waals surface area contributed by atoms with E-state index in [4.69, 9.17) is 0 Å². The van der Waals surface area contributed by atoms with Crippen molar-refractivity contribution in [2.75, 3.05) is 0 Å². The fourth-order valence-electron chi connectivity index (χ4n) is 0.936. The average molecular weight is 187 g/mol. The van der Waals surface area contributed by atoms with E-state index in [1.54, 1.807) is 6.08 Å². The highest BCUT2D eigenvalue weighted by molar-refractivity contribution is 5.84. The van der Waals surface area contributed by atoms with Crippen LogP contribution in [-0.2, 0) is 4.79 Å². The average Bonchev–Trinajstić information content (AvgIpc) is 2.19. The summed E-state index contributed by atoms with van der Waals surface area (Å²) >= 11 is 0. The Labute approximate surface area is 83.2 Å². The maximum atomic E-state index is 10.3. The van der Waals surface area contributed by atoms with Gasteiger partial charge in [0.25, 0.3) is 0 Å². The minimum atomic E-state index is -1.14. The Balaban J connectivity index is 2.66. The number of carbonyl (C=O) groups is 1. The van der Waals surface area contributed by atoms with Gasteiger partial charge in [0.2, 0.25) is 0 Å². The summed E-state index contributed by atoms with van der Waals surface area (Å²) in [6.07, 6.45) is 5.05. The molecule has 0 aromatic heterocycles. The van der Waals surface area contributed by atoms with Crippen molar-refractivity contribution >= 4 is 12.0 Å². The Bertz CT molecular complexity index is 361. The van der Waals surface area contributed by atoms with Crippen LogP contribution in [0.25, 0.3) is 6.08 Å². The summed E-state index contributed by atoms with van der Waals surface area (Å²) in [5.41, 5.74) is 1.26. The van der Waals surface area contributed by atoms with Crippen LogP contribution in [0.3, 0.4) is 0 Å². The summed E-state index contributed by atoms with van der Waals surface area (Å²) in [4.78, 5) is 10.3. The molecule has 1 rings (SSSR count). The fourth-order valence-corrected chi connectivity index (χ4v) is 0.936. The summed E-state index contributed by atoms with van der Waals surface area (Å²) in [6, 6.07) is 9.67. The molecule has 72 valence electrons. The van der Waals surface area contributed by atoms with Gasteiger partial charge in [-0.15, -0.1) is 0 Å². The van der Waals surface area contributed by atoms with E-state index in [9.17, 15) is 9.90 Å². The molecule has 1 aromatic carbocycles. The molecule has 0 spiro atoms. The number of allylic oxidation sites excluding steroid dienone is 2. The van der Waals surface area contributed by atoms with Crippen molar-refractivity contribution in [3.63, 3.8) is 0 Å². The first-order valence-electron chi connectivity index (χ1n) is 4.31. The maximum absolute atomic E-state index is 10.3. The first-order chi connectivity index (χ1) is 6.70. The second-order valence-corrected chi connectivity index (χ2v) is 2.91. The van der Waals surface area contributed by atoms with Gasteiger partial charge in [-0.25, -0.2) is 0 Å². The lowest BCUT2D eigenvalue weighted by atomic mass is 10.2. The molecule has 0 bridgehead atoms. The van der Waals surface area contributed by atoms with Gasteiger partial charge in [0.05, 0.1) is 5.97 Å².